The van der Waals surface area contributed by atoms with E-state index in [4.69, 9.17) is 4.74 Å². The number of rotatable bonds is 2. The summed E-state index contributed by atoms with van der Waals surface area (Å²) in [5, 5.41) is 22.2. The van der Waals surface area contributed by atoms with Gasteiger partial charge in [-0.15, -0.1) is 0 Å². The molecule has 0 unspecified atom stereocenters. The van der Waals surface area contributed by atoms with Crippen molar-refractivity contribution in [1.82, 2.24) is 0 Å². The van der Waals surface area contributed by atoms with E-state index in [-0.39, 0.29) is 46.8 Å². The van der Waals surface area contributed by atoms with Gasteiger partial charge >= 0.3 is 0 Å². The molecule has 0 bridgehead atoms. The number of ketones is 2. The van der Waals surface area contributed by atoms with Crippen LogP contribution >= 0.6 is 0 Å². The Hall–Kier alpha value is -2.96. The fourth-order valence-corrected chi connectivity index (χ4v) is 4.88. The number of nitro benzene ring substituents is 1. The number of carbonyl (C=O) groups excluding carboxylic acids is 2. The first-order valence-electron chi connectivity index (χ1n) is 10.1. The van der Waals surface area contributed by atoms with Gasteiger partial charge in [0.2, 0.25) is 0 Å². The SMILES string of the molecule is CC1(C)CC(=O)C([C@@H]2C3=C(CC(C)(C)CC3=O)Oc3ccc([N+](=O)[O-])cc32)=C(O)C1. The second-order valence-electron chi connectivity index (χ2n) is 10.1. The minimum atomic E-state index is -0.851. The van der Waals surface area contributed by atoms with Crippen LogP contribution in [0.4, 0.5) is 5.69 Å². The molecule has 0 fully saturated rings. The number of nitrogens with zero attached hydrogens (tertiary/aromatic N) is 1. The lowest BCUT2D eigenvalue weighted by Crippen LogP contribution is -2.36. The lowest BCUT2D eigenvalue weighted by molar-refractivity contribution is -0.385. The highest BCUT2D eigenvalue weighted by atomic mass is 16.6. The number of aliphatic hydroxyl groups excluding tert-OH is 1. The molecule has 3 aliphatic rings. The lowest BCUT2D eigenvalue weighted by atomic mass is 9.66. The fourth-order valence-electron chi connectivity index (χ4n) is 4.88. The van der Waals surface area contributed by atoms with E-state index >= 15 is 0 Å². The third-order valence-electron chi connectivity index (χ3n) is 6.10. The summed E-state index contributed by atoms with van der Waals surface area (Å²) < 4.78 is 6.03. The topological polar surface area (TPSA) is 107 Å². The highest BCUT2D eigenvalue weighted by Crippen LogP contribution is 2.53. The number of carbonyl (C=O) groups is 2. The van der Waals surface area contributed by atoms with Gasteiger partial charge in [-0.25, -0.2) is 0 Å². The maximum atomic E-state index is 13.2. The summed E-state index contributed by atoms with van der Waals surface area (Å²) in [5.41, 5.74) is 0.0475. The van der Waals surface area contributed by atoms with Crippen LogP contribution in [0, 0.1) is 20.9 Å². The third kappa shape index (κ3) is 3.32. The minimum Gasteiger partial charge on any atom is -0.512 e. The van der Waals surface area contributed by atoms with E-state index in [1.165, 1.54) is 18.2 Å². The molecule has 0 saturated heterocycles. The van der Waals surface area contributed by atoms with Gasteiger partial charge in [0.05, 0.1) is 10.8 Å². The van der Waals surface area contributed by atoms with Crippen molar-refractivity contribution < 1.29 is 24.4 Å². The first-order valence-corrected chi connectivity index (χ1v) is 10.1. The number of hydrogen-bond donors (Lipinski definition) is 1. The molecule has 0 radical (unpaired) electrons. The van der Waals surface area contributed by atoms with Crippen molar-refractivity contribution in [2.24, 2.45) is 10.8 Å². The summed E-state index contributed by atoms with van der Waals surface area (Å²) >= 11 is 0. The summed E-state index contributed by atoms with van der Waals surface area (Å²) in [4.78, 5) is 37.2. The van der Waals surface area contributed by atoms with Crippen LogP contribution in [0.3, 0.4) is 0 Å². The molecule has 7 heteroatoms. The summed E-state index contributed by atoms with van der Waals surface area (Å²) in [5.74, 6) is -0.423. The van der Waals surface area contributed by atoms with Crippen molar-refractivity contribution in [2.75, 3.05) is 0 Å². The molecule has 0 aromatic heterocycles. The highest BCUT2D eigenvalue weighted by molar-refractivity contribution is 6.06. The molecule has 1 atom stereocenters. The van der Waals surface area contributed by atoms with Crippen LogP contribution in [0.1, 0.15) is 64.9 Å². The number of nitro groups is 1. The first kappa shape index (κ1) is 20.3. The number of hydrogen-bond acceptors (Lipinski definition) is 6. The molecular weight excluding hydrogens is 386 g/mol. The smallest absolute Gasteiger partial charge is 0.270 e. The molecule has 1 aromatic rings. The van der Waals surface area contributed by atoms with Gasteiger partial charge in [-0.3, -0.25) is 19.7 Å². The summed E-state index contributed by atoms with van der Waals surface area (Å²) in [6.45, 7) is 7.76. The number of ether oxygens (including phenoxy) is 1. The number of Topliss-reactive ketones (excluding diaryl/α,β-unsaturated/α-hetero) is 2. The maximum absolute atomic E-state index is 13.2. The summed E-state index contributed by atoms with van der Waals surface area (Å²) in [6, 6.07) is 4.20. The van der Waals surface area contributed by atoms with Crippen molar-refractivity contribution in [3.8, 4) is 5.75 Å². The van der Waals surface area contributed by atoms with Crippen LogP contribution in [0.5, 0.6) is 5.75 Å². The Bertz CT molecular complexity index is 1060. The molecule has 0 spiro atoms. The molecule has 30 heavy (non-hydrogen) atoms. The normalized spacial score (nSPS) is 24.9. The Balaban J connectivity index is 1.97. The average Bonchev–Trinajstić information content (AvgIpc) is 2.57. The zero-order valence-electron chi connectivity index (χ0n) is 17.6. The van der Waals surface area contributed by atoms with Gasteiger partial charge in [0.25, 0.3) is 5.69 Å². The molecule has 1 aromatic carbocycles. The molecule has 7 nitrogen and oxygen atoms in total. The van der Waals surface area contributed by atoms with Gasteiger partial charge in [0.15, 0.2) is 11.6 Å². The Kier molecular flexibility index (Phi) is 4.42. The van der Waals surface area contributed by atoms with Crippen LogP contribution in [0.25, 0.3) is 0 Å². The van der Waals surface area contributed by atoms with E-state index in [2.05, 4.69) is 0 Å². The van der Waals surface area contributed by atoms with E-state index < -0.39 is 16.3 Å². The Morgan fingerprint density at radius 3 is 2.20 bits per heavy atom. The molecule has 158 valence electrons. The van der Waals surface area contributed by atoms with Crippen molar-refractivity contribution in [2.45, 2.75) is 59.3 Å². The zero-order chi connectivity index (χ0) is 22.0. The number of benzene rings is 1. The minimum absolute atomic E-state index is 0.0508. The van der Waals surface area contributed by atoms with Crippen LogP contribution in [-0.4, -0.2) is 21.6 Å². The van der Waals surface area contributed by atoms with Gasteiger partial charge in [-0.1, -0.05) is 27.7 Å². The van der Waals surface area contributed by atoms with Crippen LogP contribution in [0.2, 0.25) is 0 Å². The first-order chi connectivity index (χ1) is 13.9. The Labute approximate surface area is 174 Å². The molecule has 0 amide bonds. The maximum Gasteiger partial charge on any atom is 0.270 e. The molecular formula is C23H25NO6. The van der Waals surface area contributed by atoms with Crippen LogP contribution in [0.15, 0.2) is 40.9 Å². The molecule has 1 aliphatic heterocycles. The van der Waals surface area contributed by atoms with Crippen molar-refractivity contribution >= 4 is 17.3 Å². The Morgan fingerprint density at radius 2 is 1.60 bits per heavy atom. The zero-order valence-corrected chi connectivity index (χ0v) is 17.6. The fraction of sp³-hybridized carbons (Fsp3) is 0.478. The second kappa shape index (κ2) is 6.52. The Morgan fingerprint density at radius 1 is 1.00 bits per heavy atom. The van der Waals surface area contributed by atoms with Gasteiger partial charge in [-0.2, -0.15) is 0 Å². The molecule has 2 aliphatic carbocycles. The molecule has 4 rings (SSSR count). The largest absolute Gasteiger partial charge is 0.512 e. The number of aliphatic hydroxyl groups is 1. The quantitative estimate of drug-likeness (QED) is 0.547. The van der Waals surface area contributed by atoms with E-state index in [1.54, 1.807) is 0 Å². The van der Waals surface area contributed by atoms with Gasteiger partial charge in [-0.05, 0) is 16.9 Å². The predicted octanol–water partition coefficient (Wildman–Crippen LogP) is 4.92. The predicted molar refractivity (Wildman–Crippen MR) is 109 cm³/mol. The van der Waals surface area contributed by atoms with Crippen LogP contribution in [-0.2, 0) is 9.59 Å². The van der Waals surface area contributed by atoms with E-state index in [0.717, 1.165) is 0 Å². The highest BCUT2D eigenvalue weighted by Gasteiger charge is 2.47. The standard InChI is InChI=1S/C23H25NO6/c1-22(2)8-14(25)20(15(26)9-22)19-13-7-12(24(28)29)5-6-17(13)30-18-11-23(3,4)10-16(27)21(18)19/h5-7,19,25H,8-11H2,1-4H3/t19-/m1/s1. The van der Waals surface area contributed by atoms with E-state index in [9.17, 15) is 24.8 Å². The molecule has 0 saturated carbocycles. The van der Waals surface area contributed by atoms with Crippen molar-refractivity contribution in [1.29, 1.82) is 0 Å². The molecule has 1 heterocycles. The number of allylic oxidation sites excluding steroid dienone is 4. The summed E-state index contributed by atoms with van der Waals surface area (Å²) in [7, 11) is 0. The third-order valence-corrected chi connectivity index (χ3v) is 6.10. The van der Waals surface area contributed by atoms with Gasteiger partial charge < -0.3 is 9.84 Å². The summed E-state index contributed by atoms with van der Waals surface area (Å²) in [6.07, 6.45) is 1.33. The average molecular weight is 411 g/mol. The molecule has 1 N–H and O–H groups in total. The van der Waals surface area contributed by atoms with Crippen molar-refractivity contribution in [3.63, 3.8) is 0 Å². The lowest BCUT2D eigenvalue weighted by Gasteiger charge is -2.40. The number of fused-ring (bicyclic) bond motifs is 1. The number of non-ortho nitro benzene ring substituents is 1. The van der Waals surface area contributed by atoms with Gasteiger partial charge in [0.1, 0.15) is 17.3 Å². The van der Waals surface area contributed by atoms with E-state index in [0.29, 0.717) is 35.5 Å². The second-order valence-corrected chi connectivity index (χ2v) is 10.1. The van der Waals surface area contributed by atoms with Crippen molar-refractivity contribution in [3.05, 3.63) is 56.5 Å². The van der Waals surface area contributed by atoms with Gasteiger partial charge in [0, 0.05) is 54.5 Å². The monoisotopic (exact) mass is 411 g/mol. The van der Waals surface area contributed by atoms with E-state index in [1.807, 2.05) is 27.7 Å². The van der Waals surface area contributed by atoms with Crippen LogP contribution < -0.4 is 4.74 Å².